The third-order valence-electron chi connectivity index (χ3n) is 5.23. The van der Waals surface area contributed by atoms with Crippen molar-refractivity contribution in [2.24, 2.45) is 18.9 Å². The number of carbonyl (C=O) groups excluding carboxylic acids is 1. The Labute approximate surface area is 148 Å². The van der Waals surface area contributed by atoms with E-state index >= 15 is 0 Å². The van der Waals surface area contributed by atoms with Crippen LogP contribution >= 0.6 is 20.8 Å². The van der Waals surface area contributed by atoms with E-state index in [0.717, 1.165) is 35.7 Å². The number of carbonyl (C=O) groups is 1. The number of rotatable bonds is 3. The zero-order valence-electron chi connectivity index (χ0n) is 13.4. The van der Waals surface area contributed by atoms with Gasteiger partial charge in [-0.1, -0.05) is 17.7 Å². The average Bonchev–Trinajstić information content (AvgIpc) is 3.02. The number of amides is 1. The maximum atomic E-state index is 12.8. The van der Waals surface area contributed by atoms with Crippen LogP contribution in [0, 0.1) is 11.8 Å². The Morgan fingerprint density at radius 2 is 2.08 bits per heavy atom. The van der Waals surface area contributed by atoms with Crippen molar-refractivity contribution >= 4 is 43.6 Å². The Bertz CT molecular complexity index is 824. The molecule has 1 aromatic heterocycles. The molecule has 1 heterocycles. The lowest BCUT2D eigenvalue weighted by atomic mass is 9.96. The molecule has 0 aliphatic heterocycles. The van der Waals surface area contributed by atoms with Gasteiger partial charge in [-0.25, -0.2) is 0 Å². The van der Waals surface area contributed by atoms with Crippen LogP contribution in [0.15, 0.2) is 18.2 Å². The molecular weight excluding hydrogens is 343 g/mol. The van der Waals surface area contributed by atoms with Crippen molar-refractivity contribution in [3.05, 3.63) is 34.5 Å². The molecule has 1 amide bonds. The van der Waals surface area contributed by atoms with Gasteiger partial charge < -0.3 is 11.1 Å². The number of nitrogens with one attached hydrogen (secondary N) is 1. The normalized spacial score (nSPS) is 24.7. The minimum Gasteiger partial charge on any atom is -0.383 e. The first-order valence-electron chi connectivity index (χ1n) is 8.12. The molecule has 2 aliphatic carbocycles. The van der Waals surface area contributed by atoms with Gasteiger partial charge in [-0.2, -0.15) is 5.10 Å². The molecular formula is C17H20ClN4OP. The molecule has 2 aliphatic rings. The largest absolute Gasteiger partial charge is 0.383 e. The van der Waals surface area contributed by atoms with E-state index in [9.17, 15) is 4.79 Å². The van der Waals surface area contributed by atoms with E-state index in [1.165, 1.54) is 6.42 Å². The summed E-state index contributed by atoms with van der Waals surface area (Å²) >= 11 is 6.12. The highest BCUT2D eigenvalue weighted by Gasteiger charge is 2.48. The summed E-state index contributed by atoms with van der Waals surface area (Å²) in [5.74, 6) is 2.18. The van der Waals surface area contributed by atoms with Gasteiger partial charge >= 0.3 is 0 Å². The van der Waals surface area contributed by atoms with Gasteiger partial charge in [-0.3, -0.25) is 9.48 Å². The molecule has 24 heavy (non-hydrogen) atoms. The number of anilines is 2. The molecule has 4 rings (SSSR count). The van der Waals surface area contributed by atoms with E-state index in [0.29, 0.717) is 28.0 Å². The van der Waals surface area contributed by atoms with Crippen molar-refractivity contribution in [3.63, 3.8) is 0 Å². The summed E-state index contributed by atoms with van der Waals surface area (Å²) in [6.45, 7) is 0. The fourth-order valence-corrected chi connectivity index (χ4v) is 4.17. The van der Waals surface area contributed by atoms with Gasteiger partial charge in [-0.05, 0) is 48.5 Å². The predicted molar refractivity (Wildman–Crippen MR) is 99.9 cm³/mol. The number of hydrogen-bond acceptors (Lipinski definition) is 3. The summed E-state index contributed by atoms with van der Waals surface area (Å²) in [4.78, 5) is 12.8. The van der Waals surface area contributed by atoms with Crippen LogP contribution in [-0.4, -0.2) is 15.7 Å². The highest BCUT2D eigenvalue weighted by atomic mass is 35.5. The summed E-state index contributed by atoms with van der Waals surface area (Å²) < 4.78 is 1.60. The molecule has 5 nitrogen and oxygen atoms in total. The van der Waals surface area contributed by atoms with Gasteiger partial charge in [0.1, 0.15) is 11.4 Å². The quantitative estimate of drug-likeness (QED) is 0.824. The number of aromatic nitrogens is 2. The summed E-state index contributed by atoms with van der Waals surface area (Å²) in [5, 5.41) is 8.92. The molecule has 2 fully saturated rings. The number of halogens is 1. The second-order valence-electron chi connectivity index (χ2n) is 6.88. The van der Waals surface area contributed by atoms with Crippen molar-refractivity contribution in [3.8, 4) is 0 Å². The van der Waals surface area contributed by atoms with Crippen LogP contribution in [-0.2, 0) is 7.05 Å². The monoisotopic (exact) mass is 362 g/mol. The second kappa shape index (κ2) is 5.75. The predicted octanol–water partition coefficient (Wildman–Crippen LogP) is 2.92. The number of hydrogen-bond donors (Lipinski definition) is 2. The third-order valence-corrected chi connectivity index (χ3v) is 6.25. The lowest BCUT2D eigenvalue weighted by Gasteiger charge is -2.12. The van der Waals surface area contributed by atoms with E-state index in [1.807, 2.05) is 12.1 Å². The molecule has 2 aromatic rings. The highest BCUT2D eigenvalue weighted by Crippen LogP contribution is 2.57. The molecule has 0 spiro atoms. The maximum Gasteiger partial charge on any atom is 0.261 e. The van der Waals surface area contributed by atoms with Crippen molar-refractivity contribution < 1.29 is 4.79 Å². The Morgan fingerprint density at radius 1 is 1.38 bits per heavy atom. The van der Waals surface area contributed by atoms with E-state index in [4.69, 9.17) is 17.3 Å². The smallest absolute Gasteiger partial charge is 0.261 e. The van der Waals surface area contributed by atoms with Crippen LogP contribution in [0.5, 0.6) is 0 Å². The number of nitrogen functional groups attached to an aromatic ring is 1. The van der Waals surface area contributed by atoms with Crippen LogP contribution in [0.2, 0.25) is 5.02 Å². The standard InChI is InChI=1S/C17H20ClN4OP/c1-22-16(19)14(15(21-22)10-5-8-4-9(8)6-10)17(23)20-11-2-3-13(24)12(18)7-11/h2-3,7-10H,4-6,19,24H2,1H3,(H,20,23). The number of nitrogens with zero attached hydrogens (tertiary/aromatic N) is 2. The zero-order chi connectivity index (χ0) is 17.0. The lowest BCUT2D eigenvalue weighted by molar-refractivity contribution is 0.102. The van der Waals surface area contributed by atoms with Crippen molar-refractivity contribution in [1.29, 1.82) is 0 Å². The molecule has 126 valence electrons. The minimum atomic E-state index is -0.219. The SMILES string of the molecule is Cn1nc(C2CC3CC3C2)c(C(=O)Nc2ccc(P)c(Cl)c2)c1N. The Morgan fingerprint density at radius 3 is 2.75 bits per heavy atom. The van der Waals surface area contributed by atoms with Crippen LogP contribution < -0.4 is 16.4 Å². The number of benzene rings is 1. The van der Waals surface area contributed by atoms with Crippen LogP contribution in [0.4, 0.5) is 11.5 Å². The fraction of sp³-hybridized carbons (Fsp3) is 0.412. The summed E-state index contributed by atoms with van der Waals surface area (Å²) in [6, 6.07) is 5.41. The molecule has 0 saturated heterocycles. The third kappa shape index (κ3) is 2.70. The molecule has 1 aromatic carbocycles. The van der Waals surface area contributed by atoms with Gasteiger partial charge in [0, 0.05) is 23.7 Å². The van der Waals surface area contributed by atoms with E-state index in [2.05, 4.69) is 19.7 Å². The summed E-state index contributed by atoms with van der Waals surface area (Å²) in [7, 11) is 4.34. The molecule has 0 radical (unpaired) electrons. The van der Waals surface area contributed by atoms with Gasteiger partial charge in [0.2, 0.25) is 0 Å². The highest BCUT2D eigenvalue weighted by molar-refractivity contribution is 7.28. The molecule has 2 saturated carbocycles. The van der Waals surface area contributed by atoms with E-state index in [-0.39, 0.29) is 5.91 Å². The van der Waals surface area contributed by atoms with Crippen LogP contribution in [0.1, 0.15) is 41.2 Å². The summed E-state index contributed by atoms with van der Waals surface area (Å²) in [6.07, 6.45) is 3.57. The fourth-order valence-electron chi connectivity index (χ4n) is 3.81. The minimum absolute atomic E-state index is 0.219. The molecule has 3 N–H and O–H groups in total. The Balaban J connectivity index is 1.62. The van der Waals surface area contributed by atoms with Crippen LogP contribution in [0.3, 0.4) is 0 Å². The lowest BCUT2D eigenvalue weighted by Crippen LogP contribution is -2.17. The summed E-state index contributed by atoms with van der Waals surface area (Å²) in [5.41, 5.74) is 8.14. The number of nitrogens with two attached hydrogens (primary N) is 1. The zero-order valence-corrected chi connectivity index (χ0v) is 15.3. The average molecular weight is 363 g/mol. The first-order valence-corrected chi connectivity index (χ1v) is 9.08. The second-order valence-corrected chi connectivity index (χ2v) is 7.91. The topological polar surface area (TPSA) is 72.9 Å². The maximum absolute atomic E-state index is 12.8. The van der Waals surface area contributed by atoms with E-state index in [1.54, 1.807) is 17.8 Å². The first kappa shape index (κ1) is 15.9. The van der Waals surface area contributed by atoms with Crippen molar-refractivity contribution in [2.45, 2.75) is 25.2 Å². The number of fused-ring (bicyclic) bond motifs is 1. The van der Waals surface area contributed by atoms with Gasteiger partial charge in [0.05, 0.1) is 5.69 Å². The number of aryl methyl sites for hydroxylation is 1. The van der Waals surface area contributed by atoms with Crippen molar-refractivity contribution in [2.75, 3.05) is 11.1 Å². The molecule has 7 heteroatoms. The van der Waals surface area contributed by atoms with Gasteiger partial charge in [-0.15, -0.1) is 9.24 Å². The molecule has 0 bridgehead atoms. The van der Waals surface area contributed by atoms with Crippen molar-refractivity contribution in [1.82, 2.24) is 9.78 Å². The van der Waals surface area contributed by atoms with Gasteiger partial charge in [0.15, 0.2) is 0 Å². The molecule has 3 atom stereocenters. The first-order chi connectivity index (χ1) is 11.4. The van der Waals surface area contributed by atoms with E-state index < -0.39 is 0 Å². The Kier molecular flexibility index (Phi) is 3.81. The van der Waals surface area contributed by atoms with Crippen LogP contribution in [0.25, 0.3) is 0 Å². The molecule has 3 unspecified atom stereocenters. The van der Waals surface area contributed by atoms with Gasteiger partial charge in [0.25, 0.3) is 5.91 Å². The Hall–Kier alpha value is -1.58.